The van der Waals surface area contributed by atoms with E-state index in [1.165, 1.54) is 25.5 Å². The van der Waals surface area contributed by atoms with Gasteiger partial charge in [-0.25, -0.2) is 0 Å². The predicted octanol–water partition coefficient (Wildman–Crippen LogP) is 2.65. The van der Waals surface area contributed by atoms with E-state index < -0.39 is 0 Å². The largest absolute Gasteiger partial charge is 0.501 e. The minimum atomic E-state index is 0.801. The lowest BCUT2D eigenvalue weighted by atomic mass is 10.2. The Morgan fingerprint density at radius 3 is 3.20 bits per heavy atom. The van der Waals surface area contributed by atoms with Crippen molar-refractivity contribution in [2.75, 3.05) is 6.61 Å². The third-order valence-corrected chi connectivity index (χ3v) is 1.79. The van der Waals surface area contributed by atoms with E-state index in [9.17, 15) is 0 Å². The van der Waals surface area contributed by atoms with E-state index in [0.717, 1.165) is 13.0 Å². The van der Waals surface area contributed by atoms with Gasteiger partial charge in [0.15, 0.2) is 0 Å². The van der Waals surface area contributed by atoms with Gasteiger partial charge in [-0.3, -0.25) is 0 Å². The second-order valence-electron chi connectivity index (χ2n) is 2.54. The summed E-state index contributed by atoms with van der Waals surface area (Å²) in [5, 5.41) is 0. The molecule has 0 atom stereocenters. The average molecular weight is 138 g/mol. The smallest absolute Gasteiger partial charge is 0.0910 e. The zero-order valence-electron chi connectivity index (χ0n) is 6.31. The highest BCUT2D eigenvalue weighted by molar-refractivity contribution is 5.07. The average Bonchev–Trinajstić information content (AvgIpc) is 2.41. The molecule has 0 saturated heterocycles. The van der Waals surface area contributed by atoms with Crippen LogP contribution in [0.2, 0.25) is 0 Å². The van der Waals surface area contributed by atoms with Crippen LogP contribution in [-0.4, -0.2) is 6.61 Å². The Hall–Kier alpha value is -0.720. The van der Waals surface area contributed by atoms with Crippen LogP contribution in [0.4, 0.5) is 0 Å². The quantitative estimate of drug-likeness (QED) is 0.329. The highest BCUT2D eigenvalue weighted by atomic mass is 16.5. The molecule has 0 heterocycles. The van der Waals surface area contributed by atoms with Crippen molar-refractivity contribution in [2.45, 2.75) is 25.7 Å². The van der Waals surface area contributed by atoms with Crippen molar-refractivity contribution >= 4 is 0 Å². The zero-order chi connectivity index (χ0) is 7.23. The molecule has 0 radical (unpaired) electrons. The molecule has 0 bridgehead atoms. The Bertz CT molecular complexity index is 136. The molecule has 1 heteroatoms. The van der Waals surface area contributed by atoms with E-state index >= 15 is 0 Å². The number of hydrogen-bond acceptors (Lipinski definition) is 1. The molecule has 0 aromatic carbocycles. The predicted molar refractivity (Wildman–Crippen MR) is 42.7 cm³/mol. The lowest BCUT2D eigenvalue weighted by Crippen LogP contribution is -1.88. The number of rotatable bonds is 4. The molecule has 0 amide bonds. The van der Waals surface area contributed by atoms with Crippen LogP contribution in [0, 0.1) is 0 Å². The van der Waals surface area contributed by atoms with E-state index in [1.54, 1.807) is 5.57 Å². The van der Waals surface area contributed by atoms with Crippen LogP contribution in [0.25, 0.3) is 0 Å². The van der Waals surface area contributed by atoms with E-state index in [2.05, 4.69) is 12.7 Å². The molecule has 0 aromatic rings. The van der Waals surface area contributed by atoms with Gasteiger partial charge in [0.25, 0.3) is 0 Å². The second kappa shape index (κ2) is 4.15. The summed E-state index contributed by atoms with van der Waals surface area (Å²) < 4.78 is 5.02. The SMILES string of the molecule is C=COCCC1=CCCC1. The van der Waals surface area contributed by atoms with Crippen molar-refractivity contribution in [3.63, 3.8) is 0 Å². The Balaban J connectivity index is 2.06. The van der Waals surface area contributed by atoms with Gasteiger partial charge in [0.05, 0.1) is 12.9 Å². The molecule has 0 aliphatic heterocycles. The van der Waals surface area contributed by atoms with Crippen molar-refractivity contribution in [1.29, 1.82) is 0 Å². The summed E-state index contributed by atoms with van der Waals surface area (Å²) >= 11 is 0. The molecule has 0 unspecified atom stereocenters. The molecule has 56 valence electrons. The highest BCUT2D eigenvalue weighted by Gasteiger charge is 2.02. The van der Waals surface area contributed by atoms with Crippen LogP contribution in [0.15, 0.2) is 24.5 Å². The van der Waals surface area contributed by atoms with E-state index in [0.29, 0.717) is 0 Å². The molecule has 0 aromatic heterocycles. The summed E-state index contributed by atoms with van der Waals surface area (Å²) in [4.78, 5) is 0. The van der Waals surface area contributed by atoms with Crippen molar-refractivity contribution < 1.29 is 4.74 Å². The first-order valence-corrected chi connectivity index (χ1v) is 3.84. The Morgan fingerprint density at radius 2 is 2.60 bits per heavy atom. The Kier molecular flexibility index (Phi) is 3.07. The highest BCUT2D eigenvalue weighted by Crippen LogP contribution is 2.20. The number of ether oxygens (including phenoxy) is 1. The van der Waals surface area contributed by atoms with Crippen molar-refractivity contribution in [3.05, 3.63) is 24.5 Å². The van der Waals surface area contributed by atoms with Gasteiger partial charge in [-0.1, -0.05) is 18.2 Å². The van der Waals surface area contributed by atoms with Crippen LogP contribution in [0.3, 0.4) is 0 Å². The molecule has 1 rings (SSSR count). The Morgan fingerprint density at radius 1 is 1.70 bits per heavy atom. The normalized spacial score (nSPS) is 16.6. The standard InChI is InChI=1S/C9H14O/c1-2-10-8-7-9-5-3-4-6-9/h2,5H,1,3-4,6-8H2. The summed E-state index contributed by atoms with van der Waals surface area (Å²) in [5.41, 5.74) is 1.56. The third kappa shape index (κ3) is 2.26. The summed E-state index contributed by atoms with van der Waals surface area (Å²) in [6.45, 7) is 4.28. The number of hydrogen-bond donors (Lipinski definition) is 0. The van der Waals surface area contributed by atoms with Gasteiger partial charge >= 0.3 is 0 Å². The molecule has 0 N–H and O–H groups in total. The van der Waals surface area contributed by atoms with Crippen LogP contribution in [0.5, 0.6) is 0 Å². The molecule has 0 spiro atoms. The van der Waals surface area contributed by atoms with Crippen LogP contribution >= 0.6 is 0 Å². The summed E-state index contributed by atoms with van der Waals surface area (Å²) in [6, 6.07) is 0. The summed E-state index contributed by atoms with van der Waals surface area (Å²) in [5.74, 6) is 0. The summed E-state index contributed by atoms with van der Waals surface area (Å²) in [6.07, 6.45) is 8.81. The fraction of sp³-hybridized carbons (Fsp3) is 0.556. The van der Waals surface area contributed by atoms with Gasteiger partial charge in [0.1, 0.15) is 0 Å². The maximum absolute atomic E-state index is 5.02. The lowest BCUT2D eigenvalue weighted by molar-refractivity contribution is 0.254. The molecule has 1 aliphatic carbocycles. The van der Waals surface area contributed by atoms with Crippen molar-refractivity contribution in [3.8, 4) is 0 Å². The fourth-order valence-electron chi connectivity index (χ4n) is 1.24. The lowest BCUT2D eigenvalue weighted by Gasteiger charge is -2.00. The molecule has 10 heavy (non-hydrogen) atoms. The number of allylic oxidation sites excluding steroid dienone is 1. The van der Waals surface area contributed by atoms with Crippen LogP contribution < -0.4 is 0 Å². The van der Waals surface area contributed by atoms with Gasteiger partial charge < -0.3 is 4.74 Å². The maximum atomic E-state index is 5.02. The minimum Gasteiger partial charge on any atom is -0.501 e. The zero-order valence-corrected chi connectivity index (χ0v) is 6.31. The van der Waals surface area contributed by atoms with E-state index in [1.807, 2.05) is 0 Å². The van der Waals surface area contributed by atoms with Gasteiger partial charge in [-0.15, -0.1) is 0 Å². The molecular weight excluding hydrogens is 124 g/mol. The molecule has 1 aliphatic rings. The molecule has 0 fully saturated rings. The van der Waals surface area contributed by atoms with Gasteiger partial charge in [0.2, 0.25) is 0 Å². The molecule has 0 saturated carbocycles. The van der Waals surface area contributed by atoms with Crippen molar-refractivity contribution in [1.82, 2.24) is 0 Å². The first kappa shape index (κ1) is 7.39. The molecular formula is C9H14O. The van der Waals surface area contributed by atoms with Gasteiger partial charge in [0, 0.05) is 6.42 Å². The first-order chi connectivity index (χ1) is 4.93. The first-order valence-electron chi connectivity index (χ1n) is 3.84. The monoisotopic (exact) mass is 138 g/mol. The minimum absolute atomic E-state index is 0.801. The third-order valence-electron chi connectivity index (χ3n) is 1.79. The fourth-order valence-corrected chi connectivity index (χ4v) is 1.24. The Labute approximate surface area is 62.4 Å². The van der Waals surface area contributed by atoms with Gasteiger partial charge in [-0.2, -0.15) is 0 Å². The maximum Gasteiger partial charge on any atom is 0.0910 e. The van der Waals surface area contributed by atoms with Crippen LogP contribution in [0.1, 0.15) is 25.7 Å². The second-order valence-corrected chi connectivity index (χ2v) is 2.54. The van der Waals surface area contributed by atoms with Crippen LogP contribution in [-0.2, 0) is 4.74 Å². The van der Waals surface area contributed by atoms with Crippen molar-refractivity contribution in [2.24, 2.45) is 0 Å². The summed E-state index contributed by atoms with van der Waals surface area (Å²) in [7, 11) is 0. The van der Waals surface area contributed by atoms with E-state index in [4.69, 9.17) is 4.74 Å². The van der Waals surface area contributed by atoms with E-state index in [-0.39, 0.29) is 0 Å². The molecule has 1 nitrogen and oxygen atoms in total. The topological polar surface area (TPSA) is 9.23 Å². The van der Waals surface area contributed by atoms with Gasteiger partial charge in [-0.05, 0) is 19.3 Å².